The van der Waals surface area contributed by atoms with Crippen LogP contribution < -0.4 is 9.64 Å². The summed E-state index contributed by atoms with van der Waals surface area (Å²) in [4.78, 5) is 26.9. The molecule has 0 saturated carbocycles. The topological polar surface area (TPSA) is 65.1 Å². The van der Waals surface area contributed by atoms with Crippen LogP contribution >= 0.6 is 0 Å². The molecule has 0 N–H and O–H groups in total. The van der Waals surface area contributed by atoms with Crippen molar-refractivity contribution in [2.75, 3.05) is 25.2 Å². The molecule has 2 aliphatic heterocycles. The Kier molecular flexibility index (Phi) is 4.12. The van der Waals surface area contributed by atoms with Gasteiger partial charge in [0.15, 0.2) is 0 Å². The number of amides is 1. The molecule has 2 aliphatic rings. The van der Waals surface area contributed by atoms with E-state index in [1.54, 1.807) is 23.1 Å². The highest BCUT2D eigenvalue weighted by Crippen LogP contribution is 2.42. The van der Waals surface area contributed by atoms with E-state index in [4.69, 9.17) is 14.2 Å². The number of fused-ring (bicyclic) bond motifs is 1. The zero-order chi connectivity index (χ0) is 18.1. The number of rotatable bonds is 3. The molecule has 1 spiro atoms. The maximum absolute atomic E-state index is 13.3. The van der Waals surface area contributed by atoms with E-state index in [9.17, 15) is 9.59 Å². The van der Waals surface area contributed by atoms with E-state index in [-0.39, 0.29) is 12.5 Å². The first-order chi connectivity index (χ1) is 12.6. The van der Waals surface area contributed by atoms with Crippen LogP contribution in [0.15, 0.2) is 48.5 Å². The predicted octanol–water partition coefficient (Wildman–Crippen LogP) is 2.56. The van der Waals surface area contributed by atoms with Gasteiger partial charge >= 0.3 is 5.97 Å². The standard InChI is InChI=1S/C20H19NO5/c1-24-18(22)15-7-8-17-16(11-15)21(12-14-5-3-2-4-6-14)19(23)20(26-17)9-10-25-13-20/h2-8,11H,9-10,12-13H2,1H3. The summed E-state index contributed by atoms with van der Waals surface area (Å²) in [6, 6.07) is 14.7. The Balaban J connectivity index is 1.78. The van der Waals surface area contributed by atoms with E-state index in [1.165, 1.54) is 7.11 Å². The van der Waals surface area contributed by atoms with Crippen LogP contribution in [0.25, 0.3) is 0 Å². The maximum atomic E-state index is 13.3. The van der Waals surface area contributed by atoms with E-state index in [1.807, 2.05) is 30.3 Å². The summed E-state index contributed by atoms with van der Waals surface area (Å²) in [5.41, 5.74) is 0.944. The zero-order valence-corrected chi connectivity index (χ0v) is 14.4. The van der Waals surface area contributed by atoms with Crippen LogP contribution in [0.2, 0.25) is 0 Å². The average Bonchev–Trinajstić information content (AvgIpc) is 3.15. The average molecular weight is 353 g/mol. The van der Waals surface area contributed by atoms with Crippen LogP contribution in [0.5, 0.6) is 5.75 Å². The maximum Gasteiger partial charge on any atom is 0.337 e. The van der Waals surface area contributed by atoms with E-state index < -0.39 is 11.6 Å². The summed E-state index contributed by atoms with van der Waals surface area (Å²) in [5, 5.41) is 0. The molecule has 0 aliphatic carbocycles. The van der Waals surface area contributed by atoms with Crippen molar-refractivity contribution < 1.29 is 23.8 Å². The van der Waals surface area contributed by atoms with Crippen LogP contribution in [-0.2, 0) is 20.8 Å². The molecule has 1 amide bonds. The molecule has 6 heteroatoms. The molecule has 1 atom stereocenters. The first-order valence-electron chi connectivity index (χ1n) is 8.48. The smallest absolute Gasteiger partial charge is 0.337 e. The van der Waals surface area contributed by atoms with E-state index in [2.05, 4.69) is 0 Å². The second kappa shape index (κ2) is 6.46. The van der Waals surface area contributed by atoms with Gasteiger partial charge < -0.3 is 19.1 Å². The molecule has 0 bridgehead atoms. The molecular weight excluding hydrogens is 334 g/mol. The Bertz CT molecular complexity index is 843. The van der Waals surface area contributed by atoms with Crippen molar-refractivity contribution in [2.24, 2.45) is 0 Å². The lowest BCUT2D eigenvalue weighted by molar-refractivity contribution is -0.135. The number of carbonyl (C=O) groups is 2. The number of esters is 1. The predicted molar refractivity (Wildman–Crippen MR) is 94.2 cm³/mol. The van der Waals surface area contributed by atoms with Gasteiger partial charge in [0.25, 0.3) is 5.91 Å². The Hall–Kier alpha value is -2.86. The first-order valence-corrected chi connectivity index (χ1v) is 8.48. The van der Waals surface area contributed by atoms with Gasteiger partial charge in [0, 0.05) is 6.42 Å². The van der Waals surface area contributed by atoms with Gasteiger partial charge in [-0.1, -0.05) is 30.3 Å². The quantitative estimate of drug-likeness (QED) is 0.794. The van der Waals surface area contributed by atoms with Gasteiger partial charge in [-0.15, -0.1) is 0 Å². The minimum atomic E-state index is -0.992. The van der Waals surface area contributed by atoms with Crippen molar-refractivity contribution >= 4 is 17.6 Å². The summed E-state index contributed by atoms with van der Waals surface area (Å²) >= 11 is 0. The Morgan fingerprint density at radius 3 is 2.73 bits per heavy atom. The molecular formula is C20H19NO5. The normalized spacial score (nSPS) is 21.4. The number of hydrogen-bond donors (Lipinski definition) is 0. The molecule has 2 heterocycles. The van der Waals surface area contributed by atoms with E-state index >= 15 is 0 Å². The largest absolute Gasteiger partial charge is 0.473 e. The van der Waals surface area contributed by atoms with Crippen molar-refractivity contribution in [3.05, 3.63) is 59.7 Å². The summed E-state index contributed by atoms with van der Waals surface area (Å²) in [5.74, 6) is -0.0311. The molecule has 1 unspecified atom stereocenters. The van der Waals surface area contributed by atoms with Gasteiger partial charge in [0.1, 0.15) is 5.75 Å². The molecule has 0 aromatic heterocycles. The molecule has 4 rings (SSSR count). The van der Waals surface area contributed by atoms with Crippen molar-refractivity contribution in [1.29, 1.82) is 0 Å². The molecule has 2 aromatic rings. The summed E-state index contributed by atoms with van der Waals surface area (Å²) in [7, 11) is 1.33. The van der Waals surface area contributed by atoms with Gasteiger partial charge in [-0.3, -0.25) is 4.79 Å². The number of anilines is 1. The van der Waals surface area contributed by atoms with Gasteiger partial charge in [0.05, 0.1) is 38.1 Å². The Morgan fingerprint density at radius 1 is 1.23 bits per heavy atom. The number of hydrogen-bond acceptors (Lipinski definition) is 5. The molecule has 1 fully saturated rings. The summed E-state index contributed by atoms with van der Waals surface area (Å²) in [6.07, 6.45) is 0.509. The lowest BCUT2D eigenvalue weighted by Crippen LogP contribution is -2.56. The molecule has 26 heavy (non-hydrogen) atoms. The SMILES string of the molecule is COC(=O)c1ccc2c(c1)N(Cc1ccccc1)C(=O)C1(CCOC1)O2. The number of carbonyl (C=O) groups excluding carboxylic acids is 2. The van der Waals surface area contributed by atoms with Crippen molar-refractivity contribution in [3.8, 4) is 5.75 Å². The summed E-state index contributed by atoms with van der Waals surface area (Å²) in [6.45, 7) is 1.11. The lowest BCUT2D eigenvalue weighted by atomic mass is 9.97. The van der Waals surface area contributed by atoms with Crippen molar-refractivity contribution in [2.45, 2.75) is 18.6 Å². The highest BCUT2D eigenvalue weighted by Gasteiger charge is 2.51. The van der Waals surface area contributed by atoms with Gasteiger partial charge in [-0.05, 0) is 23.8 Å². The summed E-state index contributed by atoms with van der Waals surface area (Å²) < 4.78 is 16.3. The number of ether oxygens (including phenoxy) is 3. The van der Waals surface area contributed by atoms with Crippen LogP contribution in [-0.4, -0.2) is 37.8 Å². The van der Waals surface area contributed by atoms with Crippen LogP contribution in [0.3, 0.4) is 0 Å². The second-order valence-electron chi connectivity index (χ2n) is 6.45. The molecule has 134 valence electrons. The number of benzene rings is 2. The molecule has 1 saturated heterocycles. The van der Waals surface area contributed by atoms with Crippen LogP contribution in [0.4, 0.5) is 5.69 Å². The zero-order valence-electron chi connectivity index (χ0n) is 14.4. The van der Waals surface area contributed by atoms with Crippen LogP contribution in [0, 0.1) is 0 Å². The lowest BCUT2D eigenvalue weighted by Gasteiger charge is -2.40. The number of nitrogens with zero attached hydrogens (tertiary/aromatic N) is 1. The minimum absolute atomic E-state index is 0.145. The monoisotopic (exact) mass is 353 g/mol. The first kappa shape index (κ1) is 16.6. The second-order valence-corrected chi connectivity index (χ2v) is 6.45. The van der Waals surface area contributed by atoms with Gasteiger partial charge in [-0.25, -0.2) is 4.79 Å². The van der Waals surface area contributed by atoms with Gasteiger partial charge in [-0.2, -0.15) is 0 Å². The van der Waals surface area contributed by atoms with Crippen LogP contribution in [0.1, 0.15) is 22.3 Å². The third-order valence-corrected chi connectivity index (χ3v) is 4.78. The Morgan fingerprint density at radius 2 is 2.04 bits per heavy atom. The van der Waals surface area contributed by atoms with Crippen molar-refractivity contribution in [1.82, 2.24) is 0 Å². The minimum Gasteiger partial charge on any atom is -0.473 e. The molecule has 0 radical (unpaired) electrons. The fourth-order valence-electron chi connectivity index (χ4n) is 3.39. The molecule has 6 nitrogen and oxygen atoms in total. The van der Waals surface area contributed by atoms with Gasteiger partial charge in [0.2, 0.25) is 5.60 Å². The number of methoxy groups -OCH3 is 1. The third-order valence-electron chi connectivity index (χ3n) is 4.78. The Labute approximate surface area is 151 Å². The third kappa shape index (κ3) is 2.72. The fourth-order valence-corrected chi connectivity index (χ4v) is 3.39. The highest BCUT2D eigenvalue weighted by molar-refractivity contribution is 6.04. The molecule has 2 aromatic carbocycles. The van der Waals surface area contributed by atoms with E-state index in [0.29, 0.717) is 36.6 Å². The fraction of sp³-hybridized carbons (Fsp3) is 0.300. The highest BCUT2D eigenvalue weighted by atomic mass is 16.6. The van der Waals surface area contributed by atoms with E-state index in [0.717, 1.165) is 5.56 Å². The van der Waals surface area contributed by atoms with Crippen molar-refractivity contribution in [3.63, 3.8) is 0 Å².